The van der Waals surface area contributed by atoms with Crippen molar-refractivity contribution >= 4 is 53.2 Å². The van der Waals surface area contributed by atoms with E-state index in [4.69, 9.17) is 43.0 Å². The number of imide groups is 2. The van der Waals surface area contributed by atoms with Gasteiger partial charge in [0, 0.05) is 76.2 Å². The Morgan fingerprint density at radius 1 is 0.507 bits per heavy atom. The molecule has 0 fully saturated rings. The Labute approximate surface area is 389 Å². The topological polar surface area (TPSA) is 294 Å². The van der Waals surface area contributed by atoms with E-state index < -0.39 is 48.0 Å². The lowest BCUT2D eigenvalue weighted by atomic mass is 10.3. The molecule has 0 aromatic rings. The number of nitrogens with zero attached hydrogens (tertiary/aromatic N) is 3. The van der Waals surface area contributed by atoms with Gasteiger partial charge in [-0.3, -0.25) is 53.0 Å². The number of hydrogen-bond acceptors (Lipinski definition) is 17. The maximum atomic E-state index is 13.7. The van der Waals surface area contributed by atoms with Crippen molar-refractivity contribution in [1.29, 1.82) is 0 Å². The van der Waals surface area contributed by atoms with E-state index in [1.54, 1.807) is 0 Å². The molecule has 0 unspecified atom stereocenters. The summed E-state index contributed by atoms with van der Waals surface area (Å²) in [6.07, 6.45) is 6.77. The van der Waals surface area contributed by atoms with Gasteiger partial charge in [-0.15, -0.1) is 0 Å². The lowest BCUT2D eigenvalue weighted by Gasteiger charge is -2.16. The van der Waals surface area contributed by atoms with Gasteiger partial charge in [0.1, 0.15) is 6.54 Å². The highest BCUT2D eigenvalue weighted by atomic mass is 19.2. The molecule has 0 aliphatic carbocycles. The first-order valence-electron chi connectivity index (χ1n) is 22.0. The Kier molecular flexibility index (Phi) is 35.5. The second-order valence-electron chi connectivity index (χ2n) is 13.9. The van der Waals surface area contributed by atoms with E-state index >= 15 is 0 Å². The molecule has 380 valence electrons. The van der Waals surface area contributed by atoms with Gasteiger partial charge in [0.2, 0.25) is 17.7 Å². The molecular formula is C42H67FN6O18. The number of aliphatic carboxylic acids is 1. The van der Waals surface area contributed by atoms with Crippen LogP contribution in [-0.4, -0.2) is 218 Å². The number of ether oxygens (including phenoxy) is 8. The fourth-order valence-corrected chi connectivity index (χ4v) is 5.07. The maximum Gasteiger partial charge on any atom is 0.322 e. The van der Waals surface area contributed by atoms with Crippen molar-refractivity contribution in [2.75, 3.05) is 145 Å². The van der Waals surface area contributed by atoms with E-state index in [1.807, 2.05) is 0 Å². The van der Waals surface area contributed by atoms with Crippen LogP contribution in [-0.2, 0) is 81.0 Å². The number of amides is 8. The number of carboxylic acid groups (broad SMARTS) is 1. The minimum Gasteiger partial charge on any atom is -0.480 e. The number of carbonyl (C=O) groups is 9. The van der Waals surface area contributed by atoms with Gasteiger partial charge in [0.05, 0.1) is 112 Å². The van der Waals surface area contributed by atoms with Gasteiger partial charge in [-0.05, 0) is 6.42 Å². The Morgan fingerprint density at radius 3 is 1.30 bits per heavy atom. The maximum absolute atomic E-state index is 13.7. The summed E-state index contributed by atoms with van der Waals surface area (Å²) < 4.78 is 56.0. The summed E-state index contributed by atoms with van der Waals surface area (Å²) in [7, 11) is 0. The molecule has 0 bridgehead atoms. The van der Waals surface area contributed by atoms with E-state index in [9.17, 15) is 47.6 Å². The predicted octanol–water partition coefficient (Wildman–Crippen LogP) is -1.54. The molecule has 2 rings (SSSR count). The second-order valence-corrected chi connectivity index (χ2v) is 13.9. The van der Waals surface area contributed by atoms with Crippen molar-refractivity contribution in [2.24, 2.45) is 0 Å². The summed E-state index contributed by atoms with van der Waals surface area (Å²) in [4.78, 5) is 104. The first-order valence-corrected chi connectivity index (χ1v) is 22.0. The fraction of sp³-hybridized carbons (Fsp3) is 0.690. The highest BCUT2D eigenvalue weighted by molar-refractivity contribution is 6.13. The molecule has 2 heterocycles. The molecule has 25 heteroatoms. The summed E-state index contributed by atoms with van der Waals surface area (Å²) >= 11 is 0. The molecule has 0 spiro atoms. The van der Waals surface area contributed by atoms with Crippen molar-refractivity contribution in [1.82, 2.24) is 30.9 Å². The van der Waals surface area contributed by atoms with E-state index in [1.165, 1.54) is 12.2 Å². The van der Waals surface area contributed by atoms with Crippen LogP contribution in [0.25, 0.3) is 0 Å². The van der Waals surface area contributed by atoms with Gasteiger partial charge in [0.15, 0.2) is 0 Å². The van der Waals surface area contributed by atoms with Gasteiger partial charge in [-0.1, -0.05) is 17.8 Å². The van der Waals surface area contributed by atoms with Crippen molar-refractivity contribution in [3.63, 3.8) is 0 Å². The van der Waals surface area contributed by atoms with Crippen molar-refractivity contribution < 1.29 is 90.6 Å². The van der Waals surface area contributed by atoms with Crippen LogP contribution in [0.4, 0.5) is 4.48 Å². The summed E-state index contributed by atoms with van der Waals surface area (Å²) in [5.41, 5.74) is 0. The van der Waals surface area contributed by atoms with Crippen LogP contribution in [0.15, 0.2) is 24.3 Å². The van der Waals surface area contributed by atoms with E-state index in [2.05, 4.69) is 22.9 Å². The fourth-order valence-electron chi connectivity index (χ4n) is 5.07. The molecule has 0 aromatic carbocycles. The minimum absolute atomic E-state index is 0.00744. The minimum atomic E-state index is -1.11. The summed E-state index contributed by atoms with van der Waals surface area (Å²) in [6, 6.07) is 0. The average Bonchev–Trinajstić information content (AvgIpc) is 3.81. The molecule has 4 N–H and O–H groups in total. The third kappa shape index (κ3) is 32.9. The molecule has 0 radical (unpaired) electrons. The van der Waals surface area contributed by atoms with Crippen LogP contribution < -0.4 is 16.0 Å². The highest BCUT2D eigenvalue weighted by Gasteiger charge is 2.25. The standard InChI is InChI=1S/C22H37N3O8.C20H30FN3O10/c1-2-3-8-23-20(27)7-11-30-13-15-32-17-18-33-16-14-31-12-9-24-19(26)6-10-25-21(28)4-5-22(25)29;21-24(19(28)3-5-23-17(26)1-2-18(23)27)6-8-32-10-12-34-14-13-33-11-9-31-7-4-16(25)22-15-20(29)30/h4-5H,2-3,6-18H2,1H3,(H,23,27)(H,24,26);1-2H,3-15H2,(H,22,25)(H,29,30). The van der Waals surface area contributed by atoms with Crippen LogP contribution in [0.5, 0.6) is 0 Å². The summed E-state index contributed by atoms with van der Waals surface area (Å²) in [5.74, 6) is -4.46. The second kappa shape index (κ2) is 39.8. The van der Waals surface area contributed by atoms with Gasteiger partial charge in [-0.2, -0.15) is 5.12 Å². The third-order valence-electron chi connectivity index (χ3n) is 8.65. The Hall–Kier alpha value is -5.28. The Bertz CT molecular complexity index is 1530. The van der Waals surface area contributed by atoms with Crippen molar-refractivity contribution in [2.45, 2.75) is 45.4 Å². The zero-order valence-corrected chi connectivity index (χ0v) is 38.2. The van der Waals surface area contributed by atoms with Crippen LogP contribution in [0.3, 0.4) is 0 Å². The van der Waals surface area contributed by atoms with Crippen LogP contribution >= 0.6 is 0 Å². The third-order valence-corrected chi connectivity index (χ3v) is 8.65. The van der Waals surface area contributed by atoms with E-state index in [0.29, 0.717) is 92.2 Å². The van der Waals surface area contributed by atoms with Gasteiger partial charge in [0.25, 0.3) is 29.5 Å². The summed E-state index contributed by atoms with van der Waals surface area (Å²) in [5, 5.41) is 16.1. The molecule has 0 aromatic heterocycles. The first-order chi connectivity index (χ1) is 32.3. The monoisotopic (exact) mass is 962 g/mol. The number of nitrogens with one attached hydrogen (secondary N) is 3. The molecule has 2 aliphatic rings. The van der Waals surface area contributed by atoms with Gasteiger partial charge in [-0.25, -0.2) is 0 Å². The smallest absolute Gasteiger partial charge is 0.322 e. The van der Waals surface area contributed by atoms with Crippen molar-refractivity contribution in [3.8, 4) is 0 Å². The average molecular weight is 963 g/mol. The number of carboxylic acids is 1. The first kappa shape index (κ1) is 59.7. The molecule has 0 atom stereocenters. The quantitative estimate of drug-likeness (QED) is 0.0307. The molecule has 0 saturated carbocycles. The molecule has 8 amide bonds. The lowest BCUT2D eigenvalue weighted by molar-refractivity contribution is -0.149. The van der Waals surface area contributed by atoms with E-state index in [-0.39, 0.29) is 88.9 Å². The van der Waals surface area contributed by atoms with E-state index in [0.717, 1.165) is 34.8 Å². The van der Waals surface area contributed by atoms with Crippen LogP contribution in [0.1, 0.15) is 45.4 Å². The number of unbranched alkanes of at least 4 members (excludes halogenated alkanes) is 1. The lowest BCUT2D eigenvalue weighted by Crippen LogP contribution is -2.35. The van der Waals surface area contributed by atoms with Gasteiger partial charge >= 0.3 is 5.97 Å². The molecule has 2 aliphatic heterocycles. The zero-order valence-electron chi connectivity index (χ0n) is 38.2. The summed E-state index contributed by atoms with van der Waals surface area (Å²) in [6.45, 7) is 7.29. The van der Waals surface area contributed by atoms with Crippen LogP contribution in [0.2, 0.25) is 0 Å². The van der Waals surface area contributed by atoms with Crippen molar-refractivity contribution in [3.05, 3.63) is 24.3 Å². The SMILES string of the molecule is CCCCNC(=O)CCOCCOCCOCCOCCNC(=O)CCN1C(=O)C=CC1=O.O=C(O)CNC(=O)CCOCCOCCOCCOCCN(F)C(=O)CCN1C(=O)C=CC1=O. The highest BCUT2D eigenvalue weighted by Crippen LogP contribution is 2.06. The van der Waals surface area contributed by atoms with Gasteiger partial charge < -0.3 is 59.0 Å². The normalized spacial score (nSPS) is 13.0. The van der Waals surface area contributed by atoms with Crippen LogP contribution in [0, 0.1) is 0 Å². The zero-order chi connectivity index (χ0) is 49.3. The number of hydrogen-bond donors (Lipinski definition) is 4. The number of halogens is 1. The Morgan fingerprint density at radius 2 is 0.866 bits per heavy atom. The molecule has 0 saturated heterocycles. The molecule has 24 nitrogen and oxygen atoms in total. The predicted molar refractivity (Wildman–Crippen MR) is 231 cm³/mol. The number of carbonyl (C=O) groups excluding carboxylic acids is 8. The number of rotatable bonds is 41. The molecular weight excluding hydrogens is 895 g/mol. The largest absolute Gasteiger partial charge is 0.480 e. The molecule has 67 heavy (non-hydrogen) atoms. The Balaban J connectivity index is 0.000000670.